The Morgan fingerprint density at radius 3 is 2.57 bits per heavy atom. The van der Waals surface area contributed by atoms with Crippen LogP contribution >= 0.6 is 0 Å². The van der Waals surface area contributed by atoms with E-state index in [4.69, 9.17) is 5.73 Å². The van der Waals surface area contributed by atoms with Gasteiger partial charge in [0.1, 0.15) is 11.5 Å². The molecular weight excluding hydrogens is 444 g/mol. The molecule has 35 heavy (non-hydrogen) atoms. The predicted octanol–water partition coefficient (Wildman–Crippen LogP) is 2.76. The van der Waals surface area contributed by atoms with Gasteiger partial charge in [-0.15, -0.1) is 0 Å². The number of aromatic amines is 1. The maximum Gasteiger partial charge on any atom is 0.295 e. The van der Waals surface area contributed by atoms with E-state index in [1.807, 2.05) is 25.1 Å². The Kier molecular flexibility index (Phi) is 5.74. The van der Waals surface area contributed by atoms with Gasteiger partial charge in [0.05, 0.1) is 16.8 Å². The molecule has 0 aliphatic carbocycles. The number of pyridine rings is 2. The zero-order valence-electron chi connectivity index (χ0n) is 19.1. The van der Waals surface area contributed by atoms with Crippen molar-refractivity contribution in [1.29, 1.82) is 0 Å². The van der Waals surface area contributed by atoms with Crippen LogP contribution in [-0.4, -0.2) is 68.0 Å². The summed E-state index contributed by atoms with van der Waals surface area (Å²) in [4.78, 5) is 54.3. The quantitative estimate of drug-likeness (QED) is 0.350. The van der Waals surface area contributed by atoms with Crippen molar-refractivity contribution < 1.29 is 14.4 Å². The van der Waals surface area contributed by atoms with Gasteiger partial charge < -0.3 is 20.5 Å². The molecule has 1 aromatic carbocycles. The molecule has 1 aliphatic rings. The Bertz CT molecular complexity index is 1430. The molecule has 0 spiro atoms. The zero-order chi connectivity index (χ0) is 24.5. The number of nitrogens with two attached hydrogens (primary N) is 1. The zero-order valence-corrected chi connectivity index (χ0v) is 19.1. The number of H-pyrrole nitrogens is 1. The van der Waals surface area contributed by atoms with Crippen LogP contribution in [0.4, 0.5) is 5.82 Å². The van der Waals surface area contributed by atoms with Crippen LogP contribution in [0, 0.1) is 0 Å². The second-order valence-electron chi connectivity index (χ2n) is 8.53. The normalized spacial score (nSPS) is 15.9. The Labute approximate surface area is 201 Å². The van der Waals surface area contributed by atoms with Gasteiger partial charge in [0.2, 0.25) is 0 Å². The number of nitrogen functional groups attached to an aromatic ring is 1. The number of hydrogen-bond donors (Lipinski definition) is 2. The molecule has 0 bridgehead atoms. The summed E-state index contributed by atoms with van der Waals surface area (Å²) in [6.45, 7) is 2.85. The molecule has 176 valence electrons. The molecule has 1 aliphatic heterocycles. The summed E-state index contributed by atoms with van der Waals surface area (Å²) in [5, 5.41) is 0.586. The van der Waals surface area contributed by atoms with Crippen LogP contribution in [0.15, 0.2) is 67.0 Å². The van der Waals surface area contributed by atoms with E-state index in [1.54, 1.807) is 47.5 Å². The molecule has 1 saturated heterocycles. The van der Waals surface area contributed by atoms with E-state index in [0.717, 1.165) is 0 Å². The van der Waals surface area contributed by atoms with Crippen molar-refractivity contribution in [3.8, 4) is 11.4 Å². The summed E-state index contributed by atoms with van der Waals surface area (Å²) in [7, 11) is 0. The van der Waals surface area contributed by atoms with Gasteiger partial charge in [0.25, 0.3) is 17.6 Å². The fourth-order valence-electron chi connectivity index (χ4n) is 4.47. The number of amides is 2. The number of nitrogens with one attached hydrogen (secondary N) is 1. The largest absolute Gasteiger partial charge is 0.384 e. The fourth-order valence-corrected chi connectivity index (χ4v) is 4.47. The lowest BCUT2D eigenvalue weighted by molar-refractivity contribution is -0.130. The SMILES string of the molecule is CC1CN(C(=O)c2ccccc2)CCN1C(=O)C(=O)c1c[nH]c2c(-c3cccc(N)n3)nccc12. The number of carbonyl (C=O) groups excluding carboxylic acids is 3. The van der Waals surface area contributed by atoms with Crippen LogP contribution in [0.25, 0.3) is 22.3 Å². The third-order valence-electron chi connectivity index (χ3n) is 6.25. The van der Waals surface area contributed by atoms with Crippen LogP contribution in [-0.2, 0) is 4.79 Å². The van der Waals surface area contributed by atoms with Gasteiger partial charge in [-0.25, -0.2) is 4.98 Å². The number of rotatable bonds is 4. The van der Waals surface area contributed by atoms with Crippen LogP contribution in [0.3, 0.4) is 0 Å². The number of Topliss-reactive ketones (excluding diaryl/α,β-unsaturated/α-hetero) is 1. The molecule has 9 heteroatoms. The van der Waals surface area contributed by atoms with Crippen molar-refractivity contribution in [3.05, 3.63) is 78.1 Å². The standard InChI is InChI=1S/C26H24N6O3/c1-16-15-31(25(34)17-6-3-2-4-7-17)12-13-32(16)26(35)24(33)19-14-29-22-18(19)10-11-28-23(22)20-8-5-9-21(27)30-20/h2-11,14,16,29H,12-13,15H2,1H3,(H2,27,30). The van der Waals surface area contributed by atoms with Crippen molar-refractivity contribution in [1.82, 2.24) is 24.8 Å². The van der Waals surface area contributed by atoms with Gasteiger partial charge in [-0.05, 0) is 37.3 Å². The second-order valence-corrected chi connectivity index (χ2v) is 8.53. The molecule has 0 saturated carbocycles. The highest BCUT2D eigenvalue weighted by Gasteiger charge is 2.34. The van der Waals surface area contributed by atoms with Crippen molar-refractivity contribution in [3.63, 3.8) is 0 Å². The highest BCUT2D eigenvalue weighted by atomic mass is 16.2. The van der Waals surface area contributed by atoms with Crippen molar-refractivity contribution in [2.45, 2.75) is 13.0 Å². The van der Waals surface area contributed by atoms with E-state index in [2.05, 4.69) is 15.0 Å². The van der Waals surface area contributed by atoms with E-state index in [1.165, 1.54) is 11.1 Å². The van der Waals surface area contributed by atoms with Gasteiger partial charge in [0, 0.05) is 49.0 Å². The number of nitrogens with zero attached hydrogens (tertiary/aromatic N) is 4. The van der Waals surface area contributed by atoms with Crippen molar-refractivity contribution >= 4 is 34.3 Å². The summed E-state index contributed by atoms with van der Waals surface area (Å²) < 4.78 is 0. The molecule has 5 rings (SSSR count). The van der Waals surface area contributed by atoms with Crippen molar-refractivity contribution in [2.75, 3.05) is 25.4 Å². The van der Waals surface area contributed by atoms with Crippen molar-refractivity contribution in [2.24, 2.45) is 0 Å². The minimum atomic E-state index is -0.608. The number of ketones is 1. The van der Waals surface area contributed by atoms with Gasteiger partial charge in [-0.2, -0.15) is 0 Å². The maximum atomic E-state index is 13.3. The molecule has 1 fully saturated rings. The Morgan fingerprint density at radius 2 is 1.83 bits per heavy atom. The first-order valence-electron chi connectivity index (χ1n) is 11.3. The van der Waals surface area contributed by atoms with E-state index >= 15 is 0 Å². The molecule has 3 N–H and O–H groups in total. The molecule has 9 nitrogen and oxygen atoms in total. The number of aromatic nitrogens is 3. The predicted molar refractivity (Wildman–Crippen MR) is 132 cm³/mol. The highest BCUT2D eigenvalue weighted by Crippen LogP contribution is 2.28. The number of hydrogen-bond acceptors (Lipinski definition) is 6. The maximum absolute atomic E-state index is 13.3. The number of piperazine rings is 1. The number of fused-ring (bicyclic) bond motifs is 1. The van der Waals surface area contributed by atoms with E-state index in [-0.39, 0.29) is 24.1 Å². The third kappa shape index (κ3) is 4.12. The molecule has 1 unspecified atom stereocenters. The van der Waals surface area contributed by atoms with Gasteiger partial charge in [-0.3, -0.25) is 19.4 Å². The second kappa shape index (κ2) is 9.02. The van der Waals surface area contributed by atoms with E-state index < -0.39 is 11.7 Å². The lowest BCUT2D eigenvalue weighted by atomic mass is 10.1. The molecular formula is C26H24N6O3. The van der Waals surface area contributed by atoms with E-state index in [9.17, 15) is 14.4 Å². The molecule has 4 aromatic rings. The minimum Gasteiger partial charge on any atom is -0.384 e. The smallest absolute Gasteiger partial charge is 0.295 e. The third-order valence-corrected chi connectivity index (χ3v) is 6.25. The summed E-state index contributed by atoms with van der Waals surface area (Å²) in [5.41, 5.74) is 8.40. The Balaban J connectivity index is 1.36. The van der Waals surface area contributed by atoms with Crippen LogP contribution in [0.2, 0.25) is 0 Å². The molecule has 0 radical (unpaired) electrons. The van der Waals surface area contributed by atoms with Crippen LogP contribution in [0.5, 0.6) is 0 Å². The molecule has 4 heterocycles. The molecule has 1 atom stereocenters. The first kappa shape index (κ1) is 22.3. The lowest BCUT2D eigenvalue weighted by Crippen LogP contribution is -2.56. The van der Waals surface area contributed by atoms with Gasteiger partial charge >= 0.3 is 0 Å². The number of benzene rings is 1. The topological polar surface area (TPSA) is 125 Å². The average Bonchev–Trinajstić information content (AvgIpc) is 3.32. The van der Waals surface area contributed by atoms with Crippen LogP contribution < -0.4 is 5.73 Å². The van der Waals surface area contributed by atoms with E-state index in [0.29, 0.717) is 46.8 Å². The molecule has 3 aromatic heterocycles. The average molecular weight is 469 g/mol. The van der Waals surface area contributed by atoms with Gasteiger partial charge in [0.15, 0.2) is 0 Å². The summed E-state index contributed by atoms with van der Waals surface area (Å²) in [5.74, 6) is -0.921. The minimum absolute atomic E-state index is 0.0808. The highest BCUT2D eigenvalue weighted by molar-refractivity contribution is 6.45. The Hall–Kier alpha value is -4.53. The summed E-state index contributed by atoms with van der Waals surface area (Å²) in [6.07, 6.45) is 3.11. The fraction of sp³-hybridized carbons (Fsp3) is 0.192. The monoisotopic (exact) mass is 468 g/mol. The Morgan fingerprint density at radius 1 is 1.03 bits per heavy atom. The number of anilines is 1. The van der Waals surface area contributed by atoms with Crippen LogP contribution in [0.1, 0.15) is 27.6 Å². The number of carbonyl (C=O) groups is 3. The molecule has 2 amide bonds. The van der Waals surface area contributed by atoms with Gasteiger partial charge in [-0.1, -0.05) is 24.3 Å². The summed E-state index contributed by atoms with van der Waals surface area (Å²) >= 11 is 0. The first-order valence-corrected chi connectivity index (χ1v) is 11.3. The first-order chi connectivity index (χ1) is 16.9. The summed E-state index contributed by atoms with van der Waals surface area (Å²) in [6, 6.07) is 15.7. The lowest BCUT2D eigenvalue weighted by Gasteiger charge is -2.39.